The van der Waals surface area contributed by atoms with Crippen molar-refractivity contribution in [2.75, 3.05) is 7.05 Å². The van der Waals surface area contributed by atoms with Crippen LogP contribution in [0.3, 0.4) is 0 Å². The maximum Gasteiger partial charge on any atom is 0.245 e. The summed E-state index contributed by atoms with van der Waals surface area (Å²) in [5.74, 6) is 0. The summed E-state index contributed by atoms with van der Waals surface area (Å²) in [5, 5.41) is 3.24. The molecular weight excluding hydrogens is 156 g/mol. The van der Waals surface area contributed by atoms with Gasteiger partial charge in [-0.15, -0.1) is 0 Å². The molecule has 0 atom stereocenters. The van der Waals surface area contributed by atoms with Gasteiger partial charge in [0.1, 0.15) is 11.2 Å². The fraction of sp³-hybridized carbons (Fsp3) is 0.250. The third kappa shape index (κ3) is 1.17. The number of sulfonamides is 1. The molecule has 0 bridgehead atoms. The fourth-order valence-corrected chi connectivity index (χ4v) is 1.03. The number of hydrogen-bond acceptors (Lipinski definition) is 4. The van der Waals surface area contributed by atoms with Crippen LogP contribution in [0.2, 0.25) is 0 Å². The lowest BCUT2D eigenvalue weighted by Crippen LogP contribution is -2.17. The molecule has 0 fully saturated rings. The highest BCUT2D eigenvalue weighted by atomic mass is 32.2. The minimum absolute atomic E-state index is 0.0370. The molecule has 0 aliphatic carbocycles. The van der Waals surface area contributed by atoms with Crippen LogP contribution in [0.15, 0.2) is 21.9 Å². The van der Waals surface area contributed by atoms with Gasteiger partial charge in [-0.05, 0) is 7.05 Å². The molecule has 0 aromatic carbocycles. The Bertz CT molecular complexity index is 288. The summed E-state index contributed by atoms with van der Waals surface area (Å²) < 4.78 is 28.2. The zero-order valence-electron chi connectivity index (χ0n) is 5.23. The van der Waals surface area contributed by atoms with Gasteiger partial charge in [-0.25, -0.2) is 13.1 Å². The molecule has 0 unspecified atom stereocenters. The topological polar surface area (TPSA) is 72.2 Å². The molecule has 1 aromatic rings. The Balaban J connectivity index is 3.09. The summed E-state index contributed by atoms with van der Waals surface area (Å²) in [5.41, 5.74) is 0. The van der Waals surface area contributed by atoms with E-state index in [-0.39, 0.29) is 4.90 Å². The standard InChI is InChI=1S/C4H6N2O3S/c1-5-10(7,8)4-2-6-9-3-4/h2-3,5H,1H3. The van der Waals surface area contributed by atoms with Crippen molar-refractivity contribution in [2.24, 2.45) is 0 Å². The van der Waals surface area contributed by atoms with E-state index in [9.17, 15) is 8.42 Å². The quantitative estimate of drug-likeness (QED) is 0.641. The summed E-state index contributed by atoms with van der Waals surface area (Å²) in [6.07, 6.45) is 2.19. The maximum absolute atomic E-state index is 10.9. The first kappa shape index (κ1) is 7.23. The van der Waals surface area contributed by atoms with Crippen LogP contribution >= 0.6 is 0 Å². The number of nitrogens with one attached hydrogen (secondary N) is 1. The number of rotatable bonds is 2. The highest BCUT2D eigenvalue weighted by Crippen LogP contribution is 2.03. The minimum atomic E-state index is -3.36. The van der Waals surface area contributed by atoms with E-state index >= 15 is 0 Å². The average molecular weight is 162 g/mol. The monoisotopic (exact) mass is 162 g/mol. The summed E-state index contributed by atoms with van der Waals surface area (Å²) in [7, 11) is -2.04. The molecule has 0 aliphatic rings. The van der Waals surface area contributed by atoms with E-state index in [4.69, 9.17) is 0 Å². The highest BCUT2D eigenvalue weighted by molar-refractivity contribution is 7.89. The Hall–Kier alpha value is -0.880. The lowest BCUT2D eigenvalue weighted by molar-refractivity contribution is 0.417. The van der Waals surface area contributed by atoms with E-state index in [2.05, 4.69) is 14.4 Å². The molecule has 0 amide bonds. The summed E-state index contributed by atoms with van der Waals surface area (Å²) in [6.45, 7) is 0. The van der Waals surface area contributed by atoms with E-state index in [1.807, 2.05) is 0 Å². The van der Waals surface area contributed by atoms with E-state index in [1.54, 1.807) is 0 Å². The molecule has 1 heterocycles. The molecule has 0 saturated heterocycles. The number of nitrogens with zero attached hydrogens (tertiary/aromatic N) is 1. The third-order valence-electron chi connectivity index (χ3n) is 0.989. The lowest BCUT2D eigenvalue weighted by atomic mass is 10.8. The predicted octanol–water partition coefficient (Wildman–Crippen LogP) is -0.417. The maximum atomic E-state index is 10.9. The minimum Gasteiger partial charge on any atom is -0.363 e. The summed E-state index contributed by atoms with van der Waals surface area (Å²) >= 11 is 0. The molecule has 1 aromatic heterocycles. The first-order chi connectivity index (χ1) is 4.67. The zero-order valence-corrected chi connectivity index (χ0v) is 6.05. The van der Waals surface area contributed by atoms with Gasteiger partial charge in [-0.1, -0.05) is 5.16 Å². The molecule has 1 rings (SSSR count). The lowest BCUT2D eigenvalue weighted by Gasteiger charge is -1.93. The van der Waals surface area contributed by atoms with Gasteiger partial charge in [0.25, 0.3) is 0 Å². The first-order valence-electron chi connectivity index (χ1n) is 2.50. The van der Waals surface area contributed by atoms with Gasteiger partial charge >= 0.3 is 0 Å². The molecule has 6 heteroatoms. The van der Waals surface area contributed by atoms with Crippen molar-refractivity contribution in [2.45, 2.75) is 4.90 Å². The van der Waals surface area contributed by atoms with Crippen LogP contribution in [0.1, 0.15) is 0 Å². The van der Waals surface area contributed by atoms with Crippen molar-refractivity contribution in [1.29, 1.82) is 0 Å². The zero-order chi connectivity index (χ0) is 7.61. The number of aromatic nitrogens is 1. The molecule has 0 aliphatic heterocycles. The van der Waals surface area contributed by atoms with Crippen molar-refractivity contribution < 1.29 is 12.9 Å². The molecule has 1 N–H and O–H groups in total. The van der Waals surface area contributed by atoms with Gasteiger partial charge in [0.2, 0.25) is 10.0 Å². The highest BCUT2D eigenvalue weighted by Gasteiger charge is 2.12. The molecule has 0 radical (unpaired) electrons. The van der Waals surface area contributed by atoms with Crippen LogP contribution in [0.4, 0.5) is 0 Å². The Morgan fingerprint density at radius 1 is 1.70 bits per heavy atom. The van der Waals surface area contributed by atoms with Gasteiger partial charge in [0.05, 0.1) is 6.20 Å². The van der Waals surface area contributed by atoms with Gasteiger partial charge in [0, 0.05) is 0 Å². The van der Waals surface area contributed by atoms with Crippen molar-refractivity contribution in [3.63, 3.8) is 0 Å². The normalized spacial score (nSPS) is 11.7. The molecule has 10 heavy (non-hydrogen) atoms. The van der Waals surface area contributed by atoms with Crippen molar-refractivity contribution >= 4 is 10.0 Å². The van der Waals surface area contributed by atoms with Crippen LogP contribution in [-0.4, -0.2) is 20.6 Å². The van der Waals surface area contributed by atoms with E-state index in [0.29, 0.717) is 0 Å². The van der Waals surface area contributed by atoms with Crippen molar-refractivity contribution in [3.8, 4) is 0 Å². The second kappa shape index (κ2) is 2.39. The first-order valence-corrected chi connectivity index (χ1v) is 3.98. The molecule has 0 saturated carbocycles. The van der Waals surface area contributed by atoms with Gasteiger partial charge < -0.3 is 4.52 Å². The summed E-state index contributed by atoms with van der Waals surface area (Å²) in [6, 6.07) is 0. The number of hydrogen-bond donors (Lipinski definition) is 1. The molecular formula is C4H6N2O3S. The Kier molecular flexibility index (Phi) is 1.73. The SMILES string of the molecule is CNS(=O)(=O)c1cnoc1. The second-order valence-corrected chi connectivity index (χ2v) is 3.45. The van der Waals surface area contributed by atoms with E-state index < -0.39 is 10.0 Å². The van der Waals surface area contributed by atoms with E-state index in [1.165, 1.54) is 7.05 Å². The predicted molar refractivity (Wildman–Crippen MR) is 32.7 cm³/mol. The smallest absolute Gasteiger partial charge is 0.245 e. The molecule has 0 spiro atoms. The van der Waals surface area contributed by atoms with Crippen molar-refractivity contribution in [1.82, 2.24) is 9.88 Å². The van der Waals surface area contributed by atoms with Crippen LogP contribution in [-0.2, 0) is 10.0 Å². The van der Waals surface area contributed by atoms with Crippen molar-refractivity contribution in [3.05, 3.63) is 12.5 Å². The Morgan fingerprint density at radius 2 is 2.40 bits per heavy atom. The van der Waals surface area contributed by atoms with Gasteiger partial charge in [-0.2, -0.15) is 0 Å². The Morgan fingerprint density at radius 3 is 2.80 bits per heavy atom. The molecule has 56 valence electrons. The second-order valence-electron chi connectivity index (χ2n) is 1.57. The van der Waals surface area contributed by atoms with Crippen LogP contribution < -0.4 is 4.72 Å². The van der Waals surface area contributed by atoms with Crippen LogP contribution in [0.25, 0.3) is 0 Å². The van der Waals surface area contributed by atoms with Gasteiger partial charge in [-0.3, -0.25) is 0 Å². The fourth-order valence-electron chi connectivity index (χ4n) is 0.446. The van der Waals surface area contributed by atoms with Crippen LogP contribution in [0, 0.1) is 0 Å². The van der Waals surface area contributed by atoms with E-state index in [0.717, 1.165) is 12.5 Å². The van der Waals surface area contributed by atoms with Crippen LogP contribution in [0.5, 0.6) is 0 Å². The third-order valence-corrected chi connectivity index (χ3v) is 2.35. The molecule has 5 nitrogen and oxygen atoms in total. The Labute approximate surface area is 58.1 Å². The average Bonchev–Trinajstić information content (AvgIpc) is 2.38. The summed E-state index contributed by atoms with van der Waals surface area (Å²) in [4.78, 5) is 0.0370. The largest absolute Gasteiger partial charge is 0.363 e. The van der Waals surface area contributed by atoms with Gasteiger partial charge in [0.15, 0.2) is 0 Å².